The zero-order valence-corrected chi connectivity index (χ0v) is 9.29. The Balaban J connectivity index is 2.39. The second-order valence-electron chi connectivity index (χ2n) is 4.11. The Morgan fingerprint density at radius 2 is 2.20 bits per heavy atom. The molecule has 2 heteroatoms. The first-order valence-corrected chi connectivity index (χ1v) is 5.56. The van der Waals surface area contributed by atoms with E-state index in [9.17, 15) is 0 Å². The van der Waals surface area contributed by atoms with E-state index in [1.54, 1.807) is 0 Å². The largest absolute Gasteiger partial charge is 0.399 e. The highest BCUT2D eigenvalue weighted by molar-refractivity contribution is 5.64. The average Bonchev–Trinajstić information content (AvgIpc) is 2.22. The maximum absolute atomic E-state index is 5.79. The first-order valence-electron chi connectivity index (χ1n) is 5.56. The maximum Gasteiger partial charge on any atom is 0.0442 e. The van der Waals surface area contributed by atoms with Crippen LogP contribution >= 0.6 is 0 Å². The number of rotatable bonds is 2. The van der Waals surface area contributed by atoms with Gasteiger partial charge in [-0.05, 0) is 43.0 Å². The van der Waals surface area contributed by atoms with Gasteiger partial charge in [0.2, 0.25) is 0 Å². The highest BCUT2D eigenvalue weighted by Crippen LogP contribution is 2.33. The number of aryl methyl sites for hydroxylation is 1. The molecular weight excluding hydrogens is 184 g/mol. The van der Waals surface area contributed by atoms with Crippen molar-refractivity contribution in [2.75, 3.05) is 17.2 Å². The molecule has 2 nitrogen and oxygen atoms in total. The van der Waals surface area contributed by atoms with Crippen molar-refractivity contribution in [1.29, 1.82) is 0 Å². The summed E-state index contributed by atoms with van der Waals surface area (Å²) in [5.74, 6) is 0. The summed E-state index contributed by atoms with van der Waals surface area (Å²) in [6.07, 6.45) is 3.26. The SMILES string of the molecule is C=C1CCc2cc(N)ccc2N1CCC. The summed E-state index contributed by atoms with van der Waals surface area (Å²) in [6.45, 7) is 7.37. The van der Waals surface area contributed by atoms with Crippen LogP contribution in [0.1, 0.15) is 25.3 Å². The minimum atomic E-state index is 0.859. The number of allylic oxidation sites excluding steroid dienone is 1. The molecule has 0 unspecified atom stereocenters. The first-order chi connectivity index (χ1) is 7.22. The predicted octanol–water partition coefficient (Wildman–Crippen LogP) is 2.95. The van der Waals surface area contributed by atoms with Crippen LogP contribution in [0.3, 0.4) is 0 Å². The van der Waals surface area contributed by atoms with E-state index < -0.39 is 0 Å². The van der Waals surface area contributed by atoms with Crippen LogP contribution in [0.4, 0.5) is 11.4 Å². The standard InChI is InChI=1S/C13H18N2/c1-3-8-15-10(2)4-5-11-9-12(14)6-7-13(11)15/h6-7,9H,2-5,8,14H2,1H3. The summed E-state index contributed by atoms with van der Waals surface area (Å²) in [5, 5.41) is 0. The zero-order valence-electron chi connectivity index (χ0n) is 9.29. The fourth-order valence-corrected chi connectivity index (χ4v) is 2.16. The van der Waals surface area contributed by atoms with Crippen LogP contribution in [0, 0.1) is 0 Å². The third-order valence-electron chi connectivity index (χ3n) is 2.91. The van der Waals surface area contributed by atoms with Gasteiger partial charge in [-0.3, -0.25) is 0 Å². The van der Waals surface area contributed by atoms with E-state index >= 15 is 0 Å². The third kappa shape index (κ3) is 1.84. The first kappa shape index (κ1) is 10.1. The van der Waals surface area contributed by atoms with Crippen molar-refractivity contribution in [3.05, 3.63) is 36.0 Å². The fourth-order valence-electron chi connectivity index (χ4n) is 2.16. The number of nitrogens with zero attached hydrogens (tertiary/aromatic N) is 1. The van der Waals surface area contributed by atoms with E-state index in [2.05, 4.69) is 30.5 Å². The molecule has 1 aliphatic heterocycles. The van der Waals surface area contributed by atoms with Crippen LogP contribution in [-0.4, -0.2) is 6.54 Å². The topological polar surface area (TPSA) is 29.3 Å². The van der Waals surface area contributed by atoms with Crippen molar-refractivity contribution in [3.63, 3.8) is 0 Å². The molecule has 1 heterocycles. The van der Waals surface area contributed by atoms with Gasteiger partial charge in [0.1, 0.15) is 0 Å². The smallest absolute Gasteiger partial charge is 0.0442 e. The lowest BCUT2D eigenvalue weighted by Crippen LogP contribution is -2.27. The van der Waals surface area contributed by atoms with Gasteiger partial charge in [-0.25, -0.2) is 0 Å². The molecule has 0 radical (unpaired) electrons. The van der Waals surface area contributed by atoms with Gasteiger partial charge in [0, 0.05) is 23.6 Å². The lowest BCUT2D eigenvalue weighted by atomic mass is 9.99. The fraction of sp³-hybridized carbons (Fsp3) is 0.385. The summed E-state index contributed by atoms with van der Waals surface area (Å²) in [4.78, 5) is 2.32. The Bertz CT molecular complexity index is 382. The molecule has 0 atom stereocenters. The van der Waals surface area contributed by atoms with E-state index in [0.29, 0.717) is 0 Å². The van der Waals surface area contributed by atoms with Gasteiger partial charge in [0.25, 0.3) is 0 Å². The van der Waals surface area contributed by atoms with Crippen LogP contribution < -0.4 is 10.6 Å². The molecule has 1 aromatic rings. The molecule has 0 bridgehead atoms. The zero-order chi connectivity index (χ0) is 10.8. The summed E-state index contributed by atoms with van der Waals surface area (Å²) in [6, 6.07) is 6.18. The van der Waals surface area contributed by atoms with E-state index in [1.807, 2.05) is 6.07 Å². The Hall–Kier alpha value is -1.44. The summed E-state index contributed by atoms with van der Waals surface area (Å²) < 4.78 is 0. The number of hydrogen-bond acceptors (Lipinski definition) is 2. The molecule has 15 heavy (non-hydrogen) atoms. The Kier molecular flexibility index (Phi) is 2.67. The Labute approximate surface area is 91.4 Å². The van der Waals surface area contributed by atoms with Crippen molar-refractivity contribution in [1.82, 2.24) is 0 Å². The highest BCUT2D eigenvalue weighted by Gasteiger charge is 2.18. The number of benzene rings is 1. The van der Waals surface area contributed by atoms with Crippen molar-refractivity contribution < 1.29 is 0 Å². The molecule has 0 fully saturated rings. The molecule has 2 N–H and O–H groups in total. The van der Waals surface area contributed by atoms with E-state index in [0.717, 1.165) is 31.5 Å². The van der Waals surface area contributed by atoms with Crippen molar-refractivity contribution in [3.8, 4) is 0 Å². The van der Waals surface area contributed by atoms with Crippen LogP contribution in [0.15, 0.2) is 30.5 Å². The number of fused-ring (bicyclic) bond motifs is 1. The van der Waals surface area contributed by atoms with Crippen LogP contribution in [0.2, 0.25) is 0 Å². The minimum absolute atomic E-state index is 0.859. The molecule has 0 saturated carbocycles. The lowest BCUT2D eigenvalue weighted by molar-refractivity contribution is 0.762. The second-order valence-corrected chi connectivity index (χ2v) is 4.11. The number of hydrogen-bond donors (Lipinski definition) is 1. The molecule has 0 spiro atoms. The van der Waals surface area contributed by atoms with E-state index in [1.165, 1.54) is 16.9 Å². The molecule has 0 aliphatic carbocycles. The highest BCUT2D eigenvalue weighted by atomic mass is 15.1. The Morgan fingerprint density at radius 1 is 1.40 bits per heavy atom. The van der Waals surface area contributed by atoms with Gasteiger partial charge >= 0.3 is 0 Å². The average molecular weight is 202 g/mol. The van der Waals surface area contributed by atoms with Crippen LogP contribution in [-0.2, 0) is 6.42 Å². The monoisotopic (exact) mass is 202 g/mol. The molecule has 1 aromatic carbocycles. The minimum Gasteiger partial charge on any atom is -0.399 e. The quantitative estimate of drug-likeness (QED) is 0.747. The van der Waals surface area contributed by atoms with Crippen molar-refractivity contribution >= 4 is 11.4 Å². The van der Waals surface area contributed by atoms with Gasteiger partial charge < -0.3 is 10.6 Å². The molecule has 2 rings (SSSR count). The van der Waals surface area contributed by atoms with Crippen LogP contribution in [0.25, 0.3) is 0 Å². The molecule has 80 valence electrons. The lowest BCUT2D eigenvalue weighted by Gasteiger charge is -2.33. The normalized spacial score (nSPS) is 15.3. The van der Waals surface area contributed by atoms with Gasteiger partial charge in [0.15, 0.2) is 0 Å². The summed E-state index contributed by atoms with van der Waals surface area (Å²) >= 11 is 0. The number of nitrogen functional groups attached to an aromatic ring is 1. The van der Waals surface area contributed by atoms with Crippen LogP contribution in [0.5, 0.6) is 0 Å². The van der Waals surface area contributed by atoms with Gasteiger partial charge in [-0.1, -0.05) is 13.5 Å². The van der Waals surface area contributed by atoms with Gasteiger partial charge in [0.05, 0.1) is 0 Å². The summed E-state index contributed by atoms with van der Waals surface area (Å²) in [7, 11) is 0. The maximum atomic E-state index is 5.79. The number of nitrogens with two attached hydrogens (primary N) is 1. The molecule has 0 saturated heterocycles. The third-order valence-corrected chi connectivity index (χ3v) is 2.91. The van der Waals surface area contributed by atoms with Crippen molar-refractivity contribution in [2.45, 2.75) is 26.2 Å². The Morgan fingerprint density at radius 3 is 2.93 bits per heavy atom. The molecular formula is C13H18N2. The summed E-state index contributed by atoms with van der Waals surface area (Å²) in [5.41, 5.74) is 10.5. The molecule has 1 aliphatic rings. The second kappa shape index (κ2) is 3.97. The van der Waals surface area contributed by atoms with Crippen molar-refractivity contribution in [2.24, 2.45) is 0 Å². The van der Waals surface area contributed by atoms with Gasteiger partial charge in [-0.2, -0.15) is 0 Å². The predicted molar refractivity (Wildman–Crippen MR) is 66.0 cm³/mol. The number of anilines is 2. The molecule has 0 amide bonds. The van der Waals surface area contributed by atoms with Gasteiger partial charge in [-0.15, -0.1) is 0 Å². The van der Waals surface area contributed by atoms with E-state index in [4.69, 9.17) is 5.73 Å². The van der Waals surface area contributed by atoms with E-state index in [-0.39, 0.29) is 0 Å². The molecule has 0 aromatic heterocycles.